The lowest BCUT2D eigenvalue weighted by Crippen LogP contribution is -2.19. The van der Waals surface area contributed by atoms with Crippen molar-refractivity contribution >= 4 is 11.9 Å². The van der Waals surface area contributed by atoms with E-state index in [1.807, 2.05) is 24.3 Å². The fraction of sp³-hybridized carbons (Fsp3) is 0.561. The largest absolute Gasteiger partial charge is 0.491 e. The first-order valence-corrected chi connectivity index (χ1v) is 18.5. The second-order valence-electron chi connectivity index (χ2n) is 12.0. The maximum atomic E-state index is 10.9. The van der Waals surface area contributed by atoms with E-state index in [4.69, 9.17) is 56.8 Å². The summed E-state index contributed by atoms with van der Waals surface area (Å²) in [6.45, 7) is 19.2. The van der Waals surface area contributed by atoms with E-state index in [0.717, 1.165) is 23.7 Å². The molecule has 0 heterocycles. The molecule has 0 atom stereocenters. The highest BCUT2D eigenvalue weighted by Crippen LogP contribution is 2.33. The van der Waals surface area contributed by atoms with Crippen LogP contribution in [-0.4, -0.2) is 144 Å². The number of carbonyl (C=O) groups excluding carboxylic acids is 2. The topological polar surface area (TPSA) is 145 Å². The van der Waals surface area contributed by atoms with Crippen LogP contribution >= 0.6 is 0 Å². The van der Waals surface area contributed by atoms with Gasteiger partial charge in [0.25, 0.3) is 0 Å². The second kappa shape index (κ2) is 31.4. The molecule has 0 saturated heterocycles. The molecule has 0 amide bonds. The van der Waals surface area contributed by atoms with E-state index in [9.17, 15) is 9.59 Å². The molecule has 55 heavy (non-hydrogen) atoms. The second-order valence-corrected chi connectivity index (χ2v) is 12.0. The Balaban J connectivity index is 1.45. The summed E-state index contributed by atoms with van der Waals surface area (Å²) >= 11 is 0. The van der Waals surface area contributed by atoms with Crippen molar-refractivity contribution in [2.45, 2.75) is 19.3 Å². The minimum atomic E-state index is -0.463. The van der Waals surface area contributed by atoms with Gasteiger partial charge in [-0.25, -0.2) is 9.59 Å². The average Bonchev–Trinajstić information content (AvgIpc) is 3.20. The van der Waals surface area contributed by atoms with Crippen molar-refractivity contribution in [2.75, 3.05) is 132 Å². The fourth-order valence-corrected chi connectivity index (χ4v) is 4.58. The Hall–Kier alpha value is -3.86. The van der Waals surface area contributed by atoms with Crippen LogP contribution in [0.25, 0.3) is 0 Å². The lowest BCUT2D eigenvalue weighted by molar-refractivity contribution is -0.140. The van der Waals surface area contributed by atoms with Crippen molar-refractivity contribution in [3.63, 3.8) is 0 Å². The molecule has 0 fully saturated rings. The third-order valence-corrected chi connectivity index (χ3v) is 7.65. The maximum absolute atomic E-state index is 10.9. The van der Waals surface area contributed by atoms with Gasteiger partial charge in [0.2, 0.25) is 0 Å². The molecule has 2 aromatic carbocycles. The van der Waals surface area contributed by atoms with Gasteiger partial charge in [0.1, 0.15) is 37.9 Å². The standard InChI is InChI=1S/C41H60O14/c1-5-39(42)54-33-29-50-25-21-46-17-15-44-19-23-48-27-31-52-37-11-7-35(8-12-37)41(3,4)36-9-13-38(14-10-36)53-32-28-49-24-20-45-16-18-47-22-26-51-30-34-55-40(43)6-2/h5-14H,1-2,15-34H2,3-4H3. The fourth-order valence-electron chi connectivity index (χ4n) is 4.58. The lowest BCUT2D eigenvalue weighted by atomic mass is 9.78. The van der Waals surface area contributed by atoms with Gasteiger partial charge in [-0.3, -0.25) is 0 Å². The summed E-state index contributed by atoms with van der Waals surface area (Å²) in [4.78, 5) is 21.8. The average molecular weight is 777 g/mol. The Morgan fingerprint density at radius 3 is 0.909 bits per heavy atom. The highest BCUT2D eigenvalue weighted by atomic mass is 16.6. The van der Waals surface area contributed by atoms with Gasteiger partial charge in [-0.15, -0.1) is 0 Å². The van der Waals surface area contributed by atoms with Gasteiger partial charge in [-0.05, 0) is 35.4 Å². The first-order chi connectivity index (χ1) is 26.9. The molecule has 0 radical (unpaired) electrons. The summed E-state index contributed by atoms with van der Waals surface area (Å²) in [6, 6.07) is 16.3. The molecule has 14 nitrogen and oxygen atoms in total. The molecule has 2 aromatic rings. The van der Waals surface area contributed by atoms with E-state index >= 15 is 0 Å². The number of carbonyl (C=O) groups is 2. The van der Waals surface area contributed by atoms with Crippen LogP contribution in [0.4, 0.5) is 0 Å². The van der Waals surface area contributed by atoms with E-state index in [-0.39, 0.29) is 18.6 Å². The van der Waals surface area contributed by atoms with Crippen LogP contribution in [0.1, 0.15) is 25.0 Å². The molecular formula is C41H60O14. The summed E-state index contributed by atoms with van der Waals surface area (Å²) in [5.41, 5.74) is 2.12. The monoisotopic (exact) mass is 776 g/mol. The number of esters is 2. The normalized spacial score (nSPS) is 11.2. The van der Waals surface area contributed by atoms with Gasteiger partial charge in [0, 0.05) is 17.6 Å². The van der Waals surface area contributed by atoms with Gasteiger partial charge in [-0.2, -0.15) is 0 Å². The molecule has 0 N–H and O–H groups in total. The van der Waals surface area contributed by atoms with Crippen molar-refractivity contribution in [2.24, 2.45) is 0 Å². The van der Waals surface area contributed by atoms with Gasteiger partial charge in [0.05, 0.1) is 106 Å². The van der Waals surface area contributed by atoms with Crippen LogP contribution in [0, 0.1) is 0 Å². The van der Waals surface area contributed by atoms with Gasteiger partial charge < -0.3 is 56.8 Å². The van der Waals surface area contributed by atoms with Crippen molar-refractivity contribution in [1.82, 2.24) is 0 Å². The molecule has 0 bridgehead atoms. The Labute approximate surface area is 325 Å². The van der Waals surface area contributed by atoms with E-state index in [2.05, 4.69) is 51.3 Å². The summed E-state index contributed by atoms with van der Waals surface area (Å²) in [6.07, 6.45) is 2.23. The SMILES string of the molecule is C=CC(=O)OCCOCCOCCOCCOCCOc1ccc(C(C)(C)c2ccc(OCCOCCOCCOCCOCCOC(=O)C=C)cc2)cc1. The highest BCUT2D eigenvalue weighted by molar-refractivity contribution is 5.81. The van der Waals surface area contributed by atoms with E-state index in [1.165, 1.54) is 11.1 Å². The number of benzene rings is 2. The smallest absolute Gasteiger partial charge is 0.330 e. The summed E-state index contributed by atoms with van der Waals surface area (Å²) in [7, 11) is 0. The zero-order chi connectivity index (χ0) is 39.7. The third-order valence-electron chi connectivity index (χ3n) is 7.65. The maximum Gasteiger partial charge on any atom is 0.330 e. The highest BCUT2D eigenvalue weighted by Gasteiger charge is 2.23. The van der Waals surface area contributed by atoms with Crippen molar-refractivity contribution in [1.29, 1.82) is 0 Å². The molecule has 14 heteroatoms. The number of ether oxygens (including phenoxy) is 12. The Morgan fingerprint density at radius 2 is 0.655 bits per heavy atom. The molecular weight excluding hydrogens is 716 g/mol. The summed E-state index contributed by atoms with van der Waals surface area (Å²) in [5.74, 6) is 0.640. The third kappa shape index (κ3) is 23.6. The van der Waals surface area contributed by atoms with E-state index < -0.39 is 11.9 Å². The first-order valence-electron chi connectivity index (χ1n) is 18.5. The molecule has 0 aromatic heterocycles. The van der Waals surface area contributed by atoms with Gasteiger partial charge in [-0.1, -0.05) is 51.3 Å². The van der Waals surface area contributed by atoms with Crippen molar-refractivity contribution in [3.8, 4) is 11.5 Å². The molecule has 0 aliphatic rings. The van der Waals surface area contributed by atoms with E-state index in [0.29, 0.717) is 119 Å². The Morgan fingerprint density at radius 1 is 0.418 bits per heavy atom. The predicted octanol–water partition coefficient (Wildman–Crippen LogP) is 4.36. The molecule has 0 unspecified atom stereocenters. The van der Waals surface area contributed by atoms with Gasteiger partial charge >= 0.3 is 11.9 Å². The van der Waals surface area contributed by atoms with Crippen LogP contribution in [-0.2, 0) is 62.4 Å². The van der Waals surface area contributed by atoms with Crippen molar-refractivity contribution in [3.05, 3.63) is 85.0 Å². The summed E-state index contributed by atoms with van der Waals surface area (Å²) in [5, 5.41) is 0. The Bertz CT molecular complexity index is 1190. The van der Waals surface area contributed by atoms with Crippen LogP contribution in [0.2, 0.25) is 0 Å². The molecule has 0 aliphatic heterocycles. The number of hydrogen-bond donors (Lipinski definition) is 0. The number of rotatable bonds is 36. The Kier molecular flexibility index (Phi) is 27.0. The van der Waals surface area contributed by atoms with Crippen LogP contribution in [0.15, 0.2) is 73.8 Å². The van der Waals surface area contributed by atoms with E-state index in [1.54, 1.807) is 0 Å². The quantitative estimate of drug-likeness (QED) is 0.0549. The van der Waals surface area contributed by atoms with Crippen LogP contribution in [0.3, 0.4) is 0 Å². The first kappa shape index (κ1) is 47.3. The molecule has 2 rings (SSSR count). The molecule has 0 aliphatic carbocycles. The summed E-state index contributed by atoms with van der Waals surface area (Å²) < 4.78 is 65.0. The van der Waals surface area contributed by atoms with Crippen LogP contribution in [0.5, 0.6) is 11.5 Å². The van der Waals surface area contributed by atoms with Crippen LogP contribution < -0.4 is 9.47 Å². The predicted molar refractivity (Wildman–Crippen MR) is 205 cm³/mol. The lowest BCUT2D eigenvalue weighted by Gasteiger charge is -2.26. The minimum Gasteiger partial charge on any atom is -0.491 e. The molecule has 308 valence electrons. The van der Waals surface area contributed by atoms with Gasteiger partial charge in [0.15, 0.2) is 0 Å². The van der Waals surface area contributed by atoms with Crippen molar-refractivity contribution < 1.29 is 66.4 Å². The zero-order valence-corrected chi connectivity index (χ0v) is 32.5. The zero-order valence-electron chi connectivity index (χ0n) is 32.5. The molecule has 0 spiro atoms. The number of hydrogen-bond acceptors (Lipinski definition) is 14. The molecule has 0 saturated carbocycles. The minimum absolute atomic E-state index is 0.191.